The zero-order valence-corrected chi connectivity index (χ0v) is 19.1. The fourth-order valence-corrected chi connectivity index (χ4v) is 4.00. The van der Waals surface area contributed by atoms with Gasteiger partial charge < -0.3 is 9.64 Å². The number of halogens is 2. The van der Waals surface area contributed by atoms with Gasteiger partial charge in [0, 0.05) is 24.3 Å². The lowest BCUT2D eigenvalue weighted by atomic mass is 10.0. The molecule has 0 radical (unpaired) electrons. The van der Waals surface area contributed by atoms with E-state index in [-0.39, 0.29) is 5.97 Å². The summed E-state index contributed by atoms with van der Waals surface area (Å²) in [6.07, 6.45) is 4.01. The van der Waals surface area contributed by atoms with Crippen LogP contribution in [0.3, 0.4) is 0 Å². The van der Waals surface area contributed by atoms with Crippen LogP contribution < -0.4 is 4.90 Å². The number of hydrogen-bond donors (Lipinski definition) is 0. The van der Waals surface area contributed by atoms with E-state index in [1.54, 1.807) is 12.1 Å². The highest BCUT2D eigenvalue weighted by atomic mass is 35.5. The van der Waals surface area contributed by atoms with Gasteiger partial charge in [-0.3, -0.25) is 4.99 Å². The van der Waals surface area contributed by atoms with Crippen LogP contribution >= 0.6 is 23.2 Å². The number of anilines is 1. The monoisotopic (exact) mass is 464 g/mol. The fraction of sp³-hybridized carbons (Fsp3) is 0.154. The topological polar surface area (TPSA) is 41.9 Å². The standard InChI is InChI=1S/C26H22Cl2N2O2/c1-32-26(31)20-6-4-5-19(15-20)17-30-14-13-29-24(21-7-2-3-8-25(21)30)12-10-18-9-11-22(27)23(28)16-18/h2-12,15-16H,13-14,17H2,1H3/b12-10+. The lowest BCUT2D eigenvalue weighted by Crippen LogP contribution is -2.25. The van der Waals surface area contributed by atoms with Gasteiger partial charge in [-0.25, -0.2) is 4.79 Å². The molecule has 0 fully saturated rings. The minimum atomic E-state index is -0.332. The number of rotatable bonds is 5. The van der Waals surface area contributed by atoms with E-state index >= 15 is 0 Å². The maximum absolute atomic E-state index is 11.9. The molecule has 3 aromatic carbocycles. The lowest BCUT2D eigenvalue weighted by Gasteiger charge is -2.25. The third-order valence-electron chi connectivity index (χ3n) is 5.27. The molecule has 0 amide bonds. The number of carbonyl (C=O) groups excluding carboxylic acids is 1. The first kappa shape index (κ1) is 22.1. The van der Waals surface area contributed by atoms with Crippen molar-refractivity contribution in [3.05, 3.63) is 105 Å². The van der Waals surface area contributed by atoms with Gasteiger partial charge in [0.25, 0.3) is 0 Å². The number of para-hydroxylation sites is 1. The molecular formula is C26H22Cl2N2O2. The summed E-state index contributed by atoms with van der Waals surface area (Å²) < 4.78 is 4.85. The number of benzene rings is 3. The Morgan fingerprint density at radius 3 is 2.69 bits per heavy atom. The molecule has 3 aromatic rings. The minimum absolute atomic E-state index is 0.332. The summed E-state index contributed by atoms with van der Waals surface area (Å²) in [5, 5.41) is 1.06. The number of methoxy groups -OCH3 is 1. The van der Waals surface area contributed by atoms with Crippen LogP contribution in [0.5, 0.6) is 0 Å². The van der Waals surface area contributed by atoms with Crippen molar-refractivity contribution in [1.82, 2.24) is 0 Å². The van der Waals surface area contributed by atoms with Gasteiger partial charge >= 0.3 is 5.97 Å². The molecule has 1 aliphatic heterocycles. The number of ether oxygens (including phenoxy) is 1. The molecular weight excluding hydrogens is 443 g/mol. The molecule has 0 saturated carbocycles. The molecule has 1 aliphatic rings. The first-order chi connectivity index (χ1) is 15.5. The van der Waals surface area contributed by atoms with E-state index in [2.05, 4.69) is 17.0 Å². The SMILES string of the molecule is COC(=O)c1cccc(CN2CCN=C(/C=C/c3ccc(Cl)c(Cl)c3)c3ccccc32)c1. The van der Waals surface area contributed by atoms with E-state index in [1.165, 1.54) is 7.11 Å². The van der Waals surface area contributed by atoms with Crippen LogP contribution in [0, 0.1) is 0 Å². The Bertz CT molecular complexity index is 1200. The molecule has 4 nitrogen and oxygen atoms in total. The largest absolute Gasteiger partial charge is 0.465 e. The average Bonchev–Trinajstić information content (AvgIpc) is 2.99. The van der Waals surface area contributed by atoms with Crippen molar-refractivity contribution in [2.45, 2.75) is 6.54 Å². The van der Waals surface area contributed by atoms with Gasteiger partial charge in [-0.05, 0) is 47.5 Å². The Morgan fingerprint density at radius 2 is 1.88 bits per heavy atom. The number of esters is 1. The Hall–Kier alpha value is -3.08. The summed E-state index contributed by atoms with van der Waals surface area (Å²) in [7, 11) is 1.39. The van der Waals surface area contributed by atoms with Crippen LogP contribution in [0.1, 0.15) is 27.0 Å². The van der Waals surface area contributed by atoms with Crippen LogP contribution in [-0.4, -0.2) is 31.9 Å². The quantitative estimate of drug-likeness (QED) is 0.415. The Kier molecular flexibility index (Phi) is 6.93. The number of carbonyl (C=O) groups is 1. The van der Waals surface area contributed by atoms with Crippen LogP contribution in [0.4, 0.5) is 5.69 Å². The predicted molar refractivity (Wildman–Crippen MR) is 132 cm³/mol. The zero-order valence-electron chi connectivity index (χ0n) is 17.6. The number of benzodiazepines with no additional fused rings is 1. The molecule has 4 rings (SSSR count). The second kappa shape index (κ2) is 10.0. The average molecular weight is 465 g/mol. The van der Waals surface area contributed by atoms with Gasteiger partial charge in [0.15, 0.2) is 0 Å². The molecule has 0 atom stereocenters. The normalized spacial score (nSPS) is 13.5. The second-order valence-electron chi connectivity index (χ2n) is 7.40. The molecule has 32 heavy (non-hydrogen) atoms. The molecule has 0 aromatic heterocycles. The molecule has 0 saturated heterocycles. The Balaban J connectivity index is 1.60. The van der Waals surface area contributed by atoms with Gasteiger partial charge in [-0.2, -0.15) is 0 Å². The van der Waals surface area contributed by atoms with Crippen LogP contribution in [0.15, 0.2) is 77.8 Å². The summed E-state index contributed by atoms with van der Waals surface area (Å²) in [5.74, 6) is -0.332. The summed E-state index contributed by atoms with van der Waals surface area (Å²) in [4.78, 5) is 19.0. The number of hydrogen-bond acceptors (Lipinski definition) is 4. The molecule has 0 spiro atoms. The van der Waals surface area contributed by atoms with Gasteiger partial charge in [0.2, 0.25) is 0 Å². The smallest absolute Gasteiger partial charge is 0.337 e. The van der Waals surface area contributed by atoms with Gasteiger partial charge in [-0.15, -0.1) is 0 Å². The van der Waals surface area contributed by atoms with Gasteiger partial charge in [0.1, 0.15) is 0 Å². The summed E-state index contributed by atoms with van der Waals surface area (Å²) >= 11 is 12.2. The van der Waals surface area contributed by atoms with E-state index in [1.807, 2.05) is 54.6 Å². The number of aliphatic imine (C=N–C) groups is 1. The highest BCUT2D eigenvalue weighted by Gasteiger charge is 2.18. The van der Waals surface area contributed by atoms with Crippen molar-refractivity contribution in [2.75, 3.05) is 25.1 Å². The van der Waals surface area contributed by atoms with Gasteiger partial charge in [-0.1, -0.05) is 65.7 Å². The maximum Gasteiger partial charge on any atom is 0.337 e. The predicted octanol–water partition coefficient (Wildman–Crippen LogP) is 6.30. The Labute approximate surface area is 197 Å². The van der Waals surface area contributed by atoms with Crippen molar-refractivity contribution in [3.8, 4) is 0 Å². The molecule has 0 aliphatic carbocycles. The first-order valence-electron chi connectivity index (χ1n) is 10.2. The Morgan fingerprint density at radius 1 is 1.03 bits per heavy atom. The van der Waals surface area contributed by atoms with E-state index in [0.29, 0.717) is 28.7 Å². The first-order valence-corrected chi connectivity index (χ1v) is 11.0. The van der Waals surface area contributed by atoms with Crippen LogP contribution in [0.25, 0.3) is 6.08 Å². The minimum Gasteiger partial charge on any atom is -0.465 e. The number of allylic oxidation sites excluding steroid dienone is 1. The van der Waals surface area contributed by atoms with E-state index in [0.717, 1.165) is 34.6 Å². The van der Waals surface area contributed by atoms with Crippen molar-refractivity contribution in [2.24, 2.45) is 4.99 Å². The highest BCUT2D eigenvalue weighted by Crippen LogP contribution is 2.27. The second-order valence-corrected chi connectivity index (χ2v) is 8.22. The summed E-state index contributed by atoms with van der Waals surface area (Å²) in [5.41, 5.74) is 5.63. The van der Waals surface area contributed by atoms with Crippen molar-refractivity contribution >= 4 is 46.6 Å². The fourth-order valence-electron chi connectivity index (χ4n) is 3.70. The molecule has 1 heterocycles. The highest BCUT2D eigenvalue weighted by molar-refractivity contribution is 6.42. The van der Waals surface area contributed by atoms with Crippen LogP contribution in [-0.2, 0) is 11.3 Å². The van der Waals surface area contributed by atoms with E-state index in [9.17, 15) is 4.79 Å². The molecule has 0 N–H and O–H groups in total. The number of fused-ring (bicyclic) bond motifs is 1. The van der Waals surface area contributed by atoms with Crippen molar-refractivity contribution in [3.63, 3.8) is 0 Å². The molecule has 162 valence electrons. The zero-order chi connectivity index (χ0) is 22.5. The lowest BCUT2D eigenvalue weighted by molar-refractivity contribution is 0.0600. The van der Waals surface area contributed by atoms with Crippen molar-refractivity contribution < 1.29 is 9.53 Å². The number of nitrogens with zero attached hydrogens (tertiary/aromatic N) is 2. The third-order valence-corrected chi connectivity index (χ3v) is 6.01. The molecule has 0 unspecified atom stereocenters. The van der Waals surface area contributed by atoms with Gasteiger partial charge in [0.05, 0.1) is 35.0 Å². The summed E-state index contributed by atoms with van der Waals surface area (Å²) in [6, 6.07) is 21.3. The van der Waals surface area contributed by atoms with Crippen molar-refractivity contribution in [1.29, 1.82) is 0 Å². The molecule has 6 heteroatoms. The van der Waals surface area contributed by atoms with E-state index < -0.39 is 0 Å². The summed E-state index contributed by atoms with van der Waals surface area (Å²) in [6.45, 7) is 2.09. The maximum atomic E-state index is 11.9. The van der Waals surface area contributed by atoms with Crippen LogP contribution in [0.2, 0.25) is 10.0 Å². The third kappa shape index (κ3) is 5.04. The van der Waals surface area contributed by atoms with E-state index in [4.69, 9.17) is 32.9 Å². The molecule has 0 bridgehead atoms.